The Balaban J connectivity index is 1.75. The first kappa shape index (κ1) is 20.1. The molecule has 1 N–H and O–H groups in total. The summed E-state index contributed by atoms with van der Waals surface area (Å²) in [5.41, 5.74) is 2.53. The van der Waals surface area contributed by atoms with Crippen molar-refractivity contribution in [3.05, 3.63) is 82.8 Å². The number of ether oxygens (including phenoxy) is 1. The Labute approximate surface area is 174 Å². The van der Waals surface area contributed by atoms with Gasteiger partial charge in [0.2, 0.25) is 0 Å². The van der Waals surface area contributed by atoms with Crippen molar-refractivity contribution in [3.63, 3.8) is 0 Å². The molecular formula is C23H24FN3O3. The van der Waals surface area contributed by atoms with Gasteiger partial charge in [-0.15, -0.1) is 0 Å². The fourth-order valence-electron chi connectivity index (χ4n) is 3.89. The molecule has 2 aromatic carbocycles. The van der Waals surface area contributed by atoms with Crippen LogP contribution >= 0.6 is 0 Å². The minimum absolute atomic E-state index is 0.164. The highest BCUT2D eigenvalue weighted by molar-refractivity contribution is 5.98. The summed E-state index contributed by atoms with van der Waals surface area (Å²) in [7, 11) is 0. The molecule has 3 amide bonds. The molecule has 0 spiro atoms. The first-order valence-electron chi connectivity index (χ1n) is 10.00. The smallest absolute Gasteiger partial charge is 0.322 e. The zero-order valence-corrected chi connectivity index (χ0v) is 16.8. The highest BCUT2D eigenvalue weighted by Crippen LogP contribution is 2.33. The Morgan fingerprint density at radius 3 is 2.57 bits per heavy atom. The molecule has 0 saturated carbocycles. The van der Waals surface area contributed by atoms with Crippen LogP contribution in [0.25, 0.3) is 0 Å². The van der Waals surface area contributed by atoms with E-state index < -0.39 is 11.9 Å². The van der Waals surface area contributed by atoms with Crippen LogP contribution in [0.2, 0.25) is 0 Å². The first-order chi connectivity index (χ1) is 14.5. The van der Waals surface area contributed by atoms with Gasteiger partial charge in [-0.3, -0.25) is 9.69 Å². The van der Waals surface area contributed by atoms with Crippen molar-refractivity contribution >= 4 is 11.9 Å². The minimum atomic E-state index is -0.712. The van der Waals surface area contributed by atoms with Gasteiger partial charge >= 0.3 is 6.03 Å². The first-order valence-corrected chi connectivity index (χ1v) is 10.00. The Bertz CT molecular complexity index is 971. The number of rotatable bonds is 4. The van der Waals surface area contributed by atoms with E-state index in [1.54, 1.807) is 28.9 Å². The van der Waals surface area contributed by atoms with Crippen LogP contribution in [0.5, 0.6) is 0 Å². The summed E-state index contributed by atoms with van der Waals surface area (Å²) in [6.45, 7) is 4.04. The van der Waals surface area contributed by atoms with Crippen molar-refractivity contribution in [2.45, 2.75) is 19.5 Å². The monoisotopic (exact) mass is 409 g/mol. The van der Waals surface area contributed by atoms with Crippen LogP contribution in [0, 0.1) is 5.82 Å². The van der Waals surface area contributed by atoms with Crippen LogP contribution in [0.3, 0.4) is 0 Å². The van der Waals surface area contributed by atoms with Crippen LogP contribution in [0.15, 0.2) is 65.9 Å². The molecule has 156 valence electrons. The van der Waals surface area contributed by atoms with Crippen LogP contribution in [-0.2, 0) is 16.1 Å². The highest BCUT2D eigenvalue weighted by atomic mass is 19.1. The number of carbonyl (C=O) groups excluding carboxylic acids is 2. The fraction of sp³-hybridized carbons (Fsp3) is 0.304. The van der Waals surface area contributed by atoms with Gasteiger partial charge in [0, 0.05) is 18.8 Å². The van der Waals surface area contributed by atoms with Gasteiger partial charge < -0.3 is 15.0 Å². The van der Waals surface area contributed by atoms with Crippen molar-refractivity contribution in [1.82, 2.24) is 15.1 Å². The topological polar surface area (TPSA) is 61.9 Å². The Morgan fingerprint density at radius 2 is 1.87 bits per heavy atom. The zero-order valence-electron chi connectivity index (χ0n) is 16.8. The normalized spacial score (nSPS) is 19.7. The third kappa shape index (κ3) is 4.07. The van der Waals surface area contributed by atoms with E-state index in [4.69, 9.17) is 4.74 Å². The molecule has 0 aliphatic carbocycles. The van der Waals surface area contributed by atoms with E-state index >= 15 is 0 Å². The number of nitrogens with zero attached hydrogens (tertiary/aromatic N) is 2. The second-order valence-corrected chi connectivity index (χ2v) is 7.41. The Hall–Kier alpha value is -3.19. The Morgan fingerprint density at radius 1 is 1.13 bits per heavy atom. The van der Waals surface area contributed by atoms with E-state index in [9.17, 15) is 14.0 Å². The standard InChI is InChI=1S/C23H24FN3O3/c1-16-20(22(28)26-10-12-30-13-11-26)21(18-8-5-9-19(24)14-18)25-23(29)27(16)15-17-6-3-2-4-7-17/h2-9,14,21H,10-13,15H2,1H3,(H,25,29)/t21-/m1/s1. The highest BCUT2D eigenvalue weighted by Gasteiger charge is 2.37. The van der Waals surface area contributed by atoms with Crippen molar-refractivity contribution < 1.29 is 18.7 Å². The van der Waals surface area contributed by atoms with Crippen molar-refractivity contribution in [2.24, 2.45) is 0 Å². The maximum Gasteiger partial charge on any atom is 0.322 e. The number of nitrogens with one attached hydrogen (secondary N) is 1. The molecule has 0 aromatic heterocycles. The average Bonchev–Trinajstić information content (AvgIpc) is 2.77. The lowest BCUT2D eigenvalue weighted by atomic mass is 9.93. The molecule has 0 unspecified atom stereocenters. The lowest BCUT2D eigenvalue weighted by molar-refractivity contribution is -0.131. The number of urea groups is 1. The van der Waals surface area contributed by atoms with Crippen molar-refractivity contribution in [3.8, 4) is 0 Å². The lowest BCUT2D eigenvalue weighted by Crippen LogP contribution is -2.51. The SMILES string of the molecule is CC1=C(C(=O)N2CCOCC2)[C@@H](c2cccc(F)c2)NC(=O)N1Cc1ccccc1. The predicted molar refractivity (Wildman–Crippen MR) is 110 cm³/mol. The molecule has 2 heterocycles. The van der Waals surface area contributed by atoms with Gasteiger partial charge in [0.15, 0.2) is 0 Å². The van der Waals surface area contributed by atoms with Gasteiger partial charge in [0.05, 0.1) is 31.4 Å². The van der Waals surface area contributed by atoms with Gasteiger partial charge in [-0.2, -0.15) is 0 Å². The number of hydrogen-bond donors (Lipinski definition) is 1. The van der Waals surface area contributed by atoms with E-state index in [1.807, 2.05) is 30.3 Å². The van der Waals surface area contributed by atoms with E-state index in [-0.39, 0.29) is 11.9 Å². The average molecular weight is 409 g/mol. The van der Waals surface area contributed by atoms with Gasteiger partial charge in [-0.05, 0) is 30.2 Å². The predicted octanol–water partition coefficient (Wildman–Crippen LogP) is 3.23. The number of amides is 3. The molecule has 4 rings (SSSR count). The van der Waals surface area contributed by atoms with Crippen LogP contribution < -0.4 is 5.32 Å². The van der Waals surface area contributed by atoms with E-state index in [1.165, 1.54) is 12.1 Å². The number of morpholine rings is 1. The van der Waals surface area contributed by atoms with E-state index in [0.717, 1.165) is 5.56 Å². The maximum atomic E-state index is 13.9. The lowest BCUT2D eigenvalue weighted by Gasteiger charge is -2.38. The second-order valence-electron chi connectivity index (χ2n) is 7.41. The van der Waals surface area contributed by atoms with E-state index in [2.05, 4.69) is 5.32 Å². The van der Waals surface area contributed by atoms with E-state index in [0.29, 0.717) is 49.7 Å². The molecule has 0 bridgehead atoms. The molecule has 2 aromatic rings. The number of allylic oxidation sites excluding steroid dienone is 1. The molecule has 6 nitrogen and oxygen atoms in total. The Kier molecular flexibility index (Phi) is 5.81. The molecule has 1 saturated heterocycles. The fourth-order valence-corrected chi connectivity index (χ4v) is 3.89. The summed E-state index contributed by atoms with van der Waals surface area (Å²) in [5, 5.41) is 2.91. The molecular weight excluding hydrogens is 385 g/mol. The van der Waals surface area contributed by atoms with Crippen LogP contribution in [0.4, 0.5) is 9.18 Å². The maximum absolute atomic E-state index is 13.9. The van der Waals surface area contributed by atoms with Gasteiger partial charge in [-0.1, -0.05) is 42.5 Å². The summed E-state index contributed by atoms with van der Waals surface area (Å²) in [4.78, 5) is 29.7. The summed E-state index contributed by atoms with van der Waals surface area (Å²) < 4.78 is 19.3. The van der Waals surface area contributed by atoms with Crippen LogP contribution in [0.1, 0.15) is 24.1 Å². The molecule has 1 atom stereocenters. The quantitative estimate of drug-likeness (QED) is 0.844. The minimum Gasteiger partial charge on any atom is -0.378 e. The van der Waals surface area contributed by atoms with Gasteiger partial charge in [0.1, 0.15) is 5.82 Å². The molecule has 1 fully saturated rings. The van der Waals surface area contributed by atoms with Gasteiger partial charge in [-0.25, -0.2) is 9.18 Å². The third-order valence-electron chi connectivity index (χ3n) is 5.49. The summed E-state index contributed by atoms with van der Waals surface area (Å²) >= 11 is 0. The van der Waals surface area contributed by atoms with Gasteiger partial charge in [0.25, 0.3) is 5.91 Å². The third-order valence-corrected chi connectivity index (χ3v) is 5.49. The molecule has 2 aliphatic heterocycles. The van der Waals surface area contributed by atoms with Crippen LogP contribution in [-0.4, -0.2) is 48.0 Å². The molecule has 0 radical (unpaired) electrons. The molecule has 2 aliphatic rings. The number of halogens is 1. The van der Waals surface area contributed by atoms with Crippen molar-refractivity contribution in [1.29, 1.82) is 0 Å². The molecule has 30 heavy (non-hydrogen) atoms. The number of carbonyl (C=O) groups is 2. The summed E-state index contributed by atoms with van der Waals surface area (Å²) in [5.74, 6) is -0.576. The number of benzene rings is 2. The summed E-state index contributed by atoms with van der Waals surface area (Å²) in [6, 6.07) is 14.6. The summed E-state index contributed by atoms with van der Waals surface area (Å²) in [6.07, 6.45) is 0. The second kappa shape index (κ2) is 8.67. The molecule has 7 heteroatoms. The zero-order chi connectivity index (χ0) is 21.1. The van der Waals surface area contributed by atoms with Crippen molar-refractivity contribution in [2.75, 3.05) is 26.3 Å². The number of hydrogen-bond acceptors (Lipinski definition) is 3. The largest absolute Gasteiger partial charge is 0.378 e.